The summed E-state index contributed by atoms with van der Waals surface area (Å²) in [5.41, 5.74) is 0.169. The molecule has 0 spiro atoms. The lowest BCUT2D eigenvalue weighted by Gasteiger charge is -2.32. The van der Waals surface area contributed by atoms with Crippen molar-refractivity contribution in [2.75, 3.05) is 25.5 Å². The number of hydrogen-bond donors (Lipinski definition) is 2. The van der Waals surface area contributed by atoms with Gasteiger partial charge in [0.2, 0.25) is 5.91 Å². The fourth-order valence-corrected chi connectivity index (χ4v) is 2.90. The first-order chi connectivity index (χ1) is 9.07. The second-order valence-electron chi connectivity index (χ2n) is 4.92. The van der Waals surface area contributed by atoms with E-state index in [-0.39, 0.29) is 11.3 Å². The molecule has 1 aliphatic rings. The summed E-state index contributed by atoms with van der Waals surface area (Å²) in [4.78, 5) is 24.4. The first-order valence-corrected chi connectivity index (χ1v) is 7.13. The van der Waals surface area contributed by atoms with Crippen LogP contribution in [-0.2, 0) is 9.53 Å². The van der Waals surface area contributed by atoms with Gasteiger partial charge >= 0.3 is 5.97 Å². The van der Waals surface area contributed by atoms with E-state index in [0.29, 0.717) is 10.6 Å². The van der Waals surface area contributed by atoms with Crippen LogP contribution in [0.1, 0.15) is 29.4 Å². The Labute approximate surface area is 116 Å². The van der Waals surface area contributed by atoms with Gasteiger partial charge in [-0.3, -0.25) is 4.79 Å². The molecule has 5 nitrogen and oxygen atoms in total. The molecule has 104 valence electrons. The first kappa shape index (κ1) is 14.0. The Balaban J connectivity index is 2.10. The maximum atomic E-state index is 12.4. The second kappa shape index (κ2) is 5.71. The van der Waals surface area contributed by atoms with Crippen LogP contribution in [-0.4, -0.2) is 32.1 Å². The number of piperidine rings is 1. The minimum Gasteiger partial charge on any atom is -0.465 e. The van der Waals surface area contributed by atoms with Crippen LogP contribution in [0.25, 0.3) is 0 Å². The third-order valence-corrected chi connectivity index (χ3v) is 4.43. The minimum absolute atomic E-state index is 0.0300. The molecule has 2 rings (SSSR count). The topological polar surface area (TPSA) is 67.4 Å². The molecule has 0 bridgehead atoms. The largest absolute Gasteiger partial charge is 0.465 e. The summed E-state index contributed by atoms with van der Waals surface area (Å²) in [6.45, 7) is 3.65. The van der Waals surface area contributed by atoms with Gasteiger partial charge in [0.25, 0.3) is 0 Å². The number of methoxy groups -OCH3 is 1. The maximum absolute atomic E-state index is 12.4. The van der Waals surface area contributed by atoms with Gasteiger partial charge in [-0.1, -0.05) is 6.92 Å². The normalized spacial score (nSPS) is 17.8. The van der Waals surface area contributed by atoms with Crippen molar-refractivity contribution in [2.24, 2.45) is 5.41 Å². The molecule has 0 aromatic carbocycles. The molecule has 0 radical (unpaired) electrons. The third-order valence-electron chi connectivity index (χ3n) is 3.54. The van der Waals surface area contributed by atoms with Gasteiger partial charge < -0.3 is 15.4 Å². The highest BCUT2D eigenvalue weighted by Crippen LogP contribution is 2.31. The number of carbonyl (C=O) groups is 2. The summed E-state index contributed by atoms with van der Waals surface area (Å²) in [6.07, 6.45) is 1.60. The molecule has 1 aromatic heterocycles. The molecule has 0 saturated carbocycles. The molecule has 19 heavy (non-hydrogen) atoms. The van der Waals surface area contributed by atoms with Crippen LogP contribution in [0.5, 0.6) is 0 Å². The Kier molecular flexibility index (Phi) is 4.21. The van der Waals surface area contributed by atoms with E-state index in [1.165, 1.54) is 18.4 Å². The van der Waals surface area contributed by atoms with Gasteiger partial charge in [-0.15, -0.1) is 11.3 Å². The number of esters is 1. The number of anilines is 1. The molecule has 1 aliphatic heterocycles. The number of ether oxygens (including phenoxy) is 1. The van der Waals surface area contributed by atoms with E-state index in [2.05, 4.69) is 10.6 Å². The molecule has 0 unspecified atom stereocenters. The van der Waals surface area contributed by atoms with Crippen LogP contribution in [0.2, 0.25) is 0 Å². The fraction of sp³-hybridized carbons (Fsp3) is 0.538. The van der Waals surface area contributed by atoms with E-state index in [4.69, 9.17) is 4.74 Å². The van der Waals surface area contributed by atoms with Crippen LogP contribution in [0.4, 0.5) is 5.69 Å². The van der Waals surface area contributed by atoms with Crippen LogP contribution in [0, 0.1) is 5.41 Å². The molecule has 1 aromatic rings. The quantitative estimate of drug-likeness (QED) is 0.830. The number of hydrogen-bond acceptors (Lipinski definition) is 5. The Morgan fingerprint density at radius 3 is 2.74 bits per heavy atom. The van der Waals surface area contributed by atoms with Gasteiger partial charge in [-0.2, -0.15) is 0 Å². The lowest BCUT2D eigenvalue weighted by atomic mass is 9.80. The molecule has 0 atom stereocenters. The van der Waals surface area contributed by atoms with Gasteiger partial charge in [0.15, 0.2) is 0 Å². The SMILES string of the molecule is COC(=O)c1sccc1NC(=O)C1(C)CCNCC1. The van der Waals surface area contributed by atoms with E-state index < -0.39 is 5.97 Å². The Bertz CT molecular complexity index is 478. The zero-order chi connectivity index (χ0) is 13.9. The molecular weight excluding hydrogens is 264 g/mol. The van der Waals surface area contributed by atoms with E-state index in [1.807, 2.05) is 6.92 Å². The van der Waals surface area contributed by atoms with Crippen molar-refractivity contribution in [1.82, 2.24) is 5.32 Å². The monoisotopic (exact) mass is 282 g/mol. The van der Waals surface area contributed by atoms with E-state index in [9.17, 15) is 9.59 Å². The van der Waals surface area contributed by atoms with Crippen molar-refractivity contribution in [1.29, 1.82) is 0 Å². The summed E-state index contributed by atoms with van der Waals surface area (Å²) in [5.74, 6) is -0.446. The standard InChI is InChI=1S/C13H18N2O3S/c1-13(4-6-14-7-5-13)12(17)15-9-3-8-19-10(9)11(16)18-2/h3,8,14H,4-7H2,1-2H3,(H,15,17). The van der Waals surface area contributed by atoms with Gasteiger partial charge in [0.1, 0.15) is 4.88 Å². The molecule has 2 heterocycles. The van der Waals surface area contributed by atoms with Crippen LogP contribution in [0.15, 0.2) is 11.4 Å². The number of amides is 1. The van der Waals surface area contributed by atoms with Gasteiger partial charge in [-0.25, -0.2) is 4.79 Å². The Morgan fingerprint density at radius 1 is 1.42 bits per heavy atom. The lowest BCUT2D eigenvalue weighted by molar-refractivity contribution is -0.126. The smallest absolute Gasteiger partial charge is 0.350 e. The summed E-state index contributed by atoms with van der Waals surface area (Å²) in [6, 6.07) is 1.74. The third kappa shape index (κ3) is 2.96. The second-order valence-corrected chi connectivity index (χ2v) is 5.84. The summed E-state index contributed by atoms with van der Waals surface area (Å²) < 4.78 is 4.70. The van der Waals surface area contributed by atoms with Crippen molar-refractivity contribution >= 4 is 28.9 Å². The van der Waals surface area contributed by atoms with Crippen molar-refractivity contribution in [3.8, 4) is 0 Å². The van der Waals surface area contributed by atoms with Crippen molar-refractivity contribution in [3.63, 3.8) is 0 Å². The molecule has 1 saturated heterocycles. The number of nitrogens with one attached hydrogen (secondary N) is 2. The minimum atomic E-state index is -0.416. The Hall–Kier alpha value is -1.40. The highest BCUT2D eigenvalue weighted by molar-refractivity contribution is 7.12. The molecule has 1 fully saturated rings. The van der Waals surface area contributed by atoms with E-state index in [1.54, 1.807) is 11.4 Å². The van der Waals surface area contributed by atoms with Gasteiger partial charge in [0, 0.05) is 5.41 Å². The van der Waals surface area contributed by atoms with Crippen molar-refractivity contribution in [2.45, 2.75) is 19.8 Å². The van der Waals surface area contributed by atoms with Gasteiger partial charge in [0.05, 0.1) is 12.8 Å². The number of carbonyl (C=O) groups excluding carboxylic acids is 2. The predicted molar refractivity (Wildman–Crippen MR) is 74.5 cm³/mol. The number of rotatable bonds is 3. The molecular formula is C13H18N2O3S. The average molecular weight is 282 g/mol. The fourth-order valence-electron chi connectivity index (χ4n) is 2.14. The van der Waals surface area contributed by atoms with Gasteiger partial charge in [-0.05, 0) is 37.4 Å². The predicted octanol–water partition coefficient (Wildman–Crippen LogP) is 1.86. The Morgan fingerprint density at radius 2 is 2.11 bits per heavy atom. The summed E-state index contributed by atoms with van der Waals surface area (Å²) in [7, 11) is 1.34. The highest BCUT2D eigenvalue weighted by atomic mass is 32.1. The van der Waals surface area contributed by atoms with E-state index >= 15 is 0 Å². The van der Waals surface area contributed by atoms with E-state index in [0.717, 1.165) is 25.9 Å². The molecule has 6 heteroatoms. The molecule has 0 aliphatic carbocycles. The van der Waals surface area contributed by atoms with Crippen molar-refractivity contribution in [3.05, 3.63) is 16.3 Å². The van der Waals surface area contributed by atoms with Crippen LogP contribution in [0.3, 0.4) is 0 Å². The van der Waals surface area contributed by atoms with Crippen LogP contribution >= 0.6 is 11.3 Å². The zero-order valence-electron chi connectivity index (χ0n) is 11.1. The zero-order valence-corrected chi connectivity index (χ0v) is 11.9. The lowest BCUT2D eigenvalue weighted by Crippen LogP contribution is -2.42. The summed E-state index contributed by atoms with van der Waals surface area (Å²) in [5, 5.41) is 7.87. The van der Waals surface area contributed by atoms with Crippen LogP contribution < -0.4 is 10.6 Å². The van der Waals surface area contributed by atoms with Crippen molar-refractivity contribution < 1.29 is 14.3 Å². The molecule has 2 N–H and O–H groups in total. The highest BCUT2D eigenvalue weighted by Gasteiger charge is 2.35. The average Bonchev–Trinajstić information content (AvgIpc) is 2.87. The first-order valence-electron chi connectivity index (χ1n) is 6.25. The number of thiophene rings is 1. The molecule has 1 amide bonds. The maximum Gasteiger partial charge on any atom is 0.350 e. The summed E-state index contributed by atoms with van der Waals surface area (Å²) >= 11 is 1.27.